The normalized spacial score (nSPS) is 14.3. The van der Waals surface area contributed by atoms with Gasteiger partial charge in [0.05, 0.1) is 17.6 Å². The predicted molar refractivity (Wildman–Crippen MR) is 106 cm³/mol. The van der Waals surface area contributed by atoms with E-state index in [1.807, 2.05) is 0 Å². The topological polar surface area (TPSA) is 63.1 Å². The van der Waals surface area contributed by atoms with Crippen molar-refractivity contribution in [1.29, 1.82) is 0 Å². The number of amides is 1. The van der Waals surface area contributed by atoms with Gasteiger partial charge in [-0.1, -0.05) is 23.2 Å². The summed E-state index contributed by atoms with van der Waals surface area (Å²) in [6.45, 7) is 2.68. The van der Waals surface area contributed by atoms with Gasteiger partial charge in [-0.05, 0) is 36.4 Å². The van der Waals surface area contributed by atoms with E-state index in [9.17, 15) is 9.18 Å². The second-order valence-electron chi connectivity index (χ2n) is 6.37. The van der Waals surface area contributed by atoms with Gasteiger partial charge in [0, 0.05) is 36.8 Å². The molecule has 3 heterocycles. The second kappa shape index (κ2) is 7.87. The Morgan fingerprint density at radius 2 is 1.89 bits per heavy atom. The van der Waals surface area contributed by atoms with Crippen molar-refractivity contribution in [3.05, 3.63) is 64.3 Å². The molecule has 0 radical (unpaired) electrons. The van der Waals surface area contributed by atoms with Crippen LogP contribution in [0.5, 0.6) is 0 Å². The van der Waals surface area contributed by atoms with Crippen LogP contribution in [0.1, 0.15) is 10.5 Å². The number of piperazine rings is 1. The lowest BCUT2D eigenvalue weighted by Gasteiger charge is -2.26. The lowest BCUT2D eigenvalue weighted by molar-refractivity contribution is 0.0729. The van der Waals surface area contributed by atoms with Crippen LogP contribution in [0.25, 0.3) is 16.9 Å². The number of carbonyl (C=O) groups excluding carboxylic acids is 1. The Bertz CT molecular complexity index is 995. The van der Waals surface area contributed by atoms with E-state index in [0.717, 1.165) is 13.1 Å². The molecule has 6 nitrogen and oxygen atoms in total. The van der Waals surface area contributed by atoms with E-state index in [4.69, 9.17) is 23.2 Å². The molecule has 28 heavy (non-hydrogen) atoms. The van der Waals surface area contributed by atoms with Gasteiger partial charge in [-0.25, -0.2) is 14.1 Å². The number of pyridine rings is 1. The van der Waals surface area contributed by atoms with Crippen LogP contribution in [0.4, 0.5) is 4.39 Å². The van der Waals surface area contributed by atoms with E-state index in [-0.39, 0.29) is 16.6 Å². The fourth-order valence-electron chi connectivity index (χ4n) is 3.11. The molecule has 3 aromatic rings. The Labute approximate surface area is 170 Å². The lowest BCUT2D eigenvalue weighted by atomic mass is 10.1. The average molecular weight is 420 g/mol. The molecule has 4 rings (SSSR count). The highest BCUT2D eigenvalue weighted by Gasteiger charge is 2.23. The summed E-state index contributed by atoms with van der Waals surface area (Å²) in [6, 6.07) is 9.19. The van der Waals surface area contributed by atoms with E-state index in [1.165, 1.54) is 12.1 Å². The highest BCUT2D eigenvalue weighted by atomic mass is 35.5. The second-order valence-corrected chi connectivity index (χ2v) is 7.19. The average Bonchev–Trinajstić information content (AvgIpc) is 3.13. The van der Waals surface area contributed by atoms with Crippen LogP contribution in [0, 0.1) is 5.82 Å². The third-order valence-electron chi connectivity index (χ3n) is 4.45. The highest BCUT2D eigenvalue weighted by Crippen LogP contribution is 2.28. The van der Waals surface area contributed by atoms with Crippen molar-refractivity contribution in [1.82, 2.24) is 25.0 Å². The number of carbonyl (C=O) groups is 1. The molecule has 0 atom stereocenters. The maximum Gasteiger partial charge on any atom is 0.274 e. The number of hydrogen-bond acceptors (Lipinski definition) is 4. The van der Waals surface area contributed by atoms with Crippen LogP contribution in [0.15, 0.2) is 42.6 Å². The molecule has 2 aromatic heterocycles. The third kappa shape index (κ3) is 3.87. The van der Waals surface area contributed by atoms with E-state index in [1.54, 1.807) is 40.0 Å². The van der Waals surface area contributed by atoms with Crippen molar-refractivity contribution < 1.29 is 9.18 Å². The summed E-state index contributed by atoms with van der Waals surface area (Å²) in [6.07, 6.45) is 1.54. The molecule has 1 saturated heterocycles. The highest BCUT2D eigenvalue weighted by molar-refractivity contribution is 6.30. The molecule has 0 unspecified atom stereocenters. The summed E-state index contributed by atoms with van der Waals surface area (Å²) < 4.78 is 15.5. The minimum absolute atomic E-state index is 0.175. The Morgan fingerprint density at radius 3 is 2.57 bits per heavy atom. The molecule has 1 amide bonds. The molecule has 9 heteroatoms. The van der Waals surface area contributed by atoms with Gasteiger partial charge in [-0.2, -0.15) is 5.10 Å². The third-order valence-corrected chi connectivity index (χ3v) is 4.89. The SMILES string of the molecule is O=C(c1cc(-c2cc(F)cc(Cl)c2)n(-c2ccc(Cl)nc2)n1)N1CCNCC1. The number of aromatic nitrogens is 3. The largest absolute Gasteiger partial charge is 0.335 e. The number of rotatable bonds is 3. The molecule has 0 saturated carbocycles. The van der Waals surface area contributed by atoms with Gasteiger partial charge in [-0.15, -0.1) is 0 Å². The summed E-state index contributed by atoms with van der Waals surface area (Å²) >= 11 is 11.9. The lowest BCUT2D eigenvalue weighted by Crippen LogP contribution is -2.46. The van der Waals surface area contributed by atoms with Crippen LogP contribution in [0.2, 0.25) is 10.2 Å². The van der Waals surface area contributed by atoms with Gasteiger partial charge in [-0.3, -0.25) is 4.79 Å². The van der Waals surface area contributed by atoms with Crippen LogP contribution in [-0.4, -0.2) is 51.8 Å². The molecule has 1 aliphatic rings. The van der Waals surface area contributed by atoms with E-state index >= 15 is 0 Å². The summed E-state index contributed by atoms with van der Waals surface area (Å²) in [4.78, 5) is 18.7. The van der Waals surface area contributed by atoms with Gasteiger partial charge in [0.1, 0.15) is 11.0 Å². The number of nitrogens with one attached hydrogen (secondary N) is 1. The Hall–Kier alpha value is -2.48. The van der Waals surface area contributed by atoms with Crippen molar-refractivity contribution in [3.63, 3.8) is 0 Å². The molecule has 1 aromatic carbocycles. The fourth-order valence-corrected chi connectivity index (χ4v) is 3.45. The molecule has 1 N–H and O–H groups in total. The number of nitrogens with zero attached hydrogens (tertiary/aromatic N) is 4. The van der Waals surface area contributed by atoms with Gasteiger partial charge in [0.25, 0.3) is 5.91 Å². The predicted octanol–water partition coefficient (Wildman–Crippen LogP) is 3.43. The number of benzene rings is 1. The molecule has 0 aliphatic carbocycles. The molecule has 0 bridgehead atoms. The molecular formula is C19H16Cl2FN5O. The number of halogens is 3. The first kappa shape index (κ1) is 18.9. The molecule has 1 aliphatic heterocycles. The summed E-state index contributed by atoms with van der Waals surface area (Å²) in [5.74, 6) is -0.648. The van der Waals surface area contributed by atoms with Crippen molar-refractivity contribution >= 4 is 29.1 Å². The summed E-state index contributed by atoms with van der Waals surface area (Å²) in [5, 5.41) is 8.28. The van der Waals surface area contributed by atoms with E-state index in [2.05, 4.69) is 15.4 Å². The molecular weight excluding hydrogens is 404 g/mol. The quantitative estimate of drug-likeness (QED) is 0.660. The first-order chi connectivity index (χ1) is 13.5. The van der Waals surface area contributed by atoms with Crippen molar-refractivity contribution in [2.45, 2.75) is 0 Å². The van der Waals surface area contributed by atoms with E-state index in [0.29, 0.717) is 35.2 Å². The van der Waals surface area contributed by atoms with Crippen LogP contribution >= 0.6 is 23.2 Å². The van der Waals surface area contributed by atoms with Gasteiger partial charge < -0.3 is 10.2 Å². The zero-order valence-corrected chi connectivity index (χ0v) is 16.2. The summed E-state index contributed by atoms with van der Waals surface area (Å²) in [7, 11) is 0. The summed E-state index contributed by atoms with van der Waals surface area (Å²) in [5.41, 5.74) is 1.90. The monoisotopic (exact) mass is 419 g/mol. The zero-order chi connectivity index (χ0) is 19.7. The van der Waals surface area contributed by atoms with Crippen molar-refractivity contribution in [2.24, 2.45) is 0 Å². The first-order valence-electron chi connectivity index (χ1n) is 8.70. The number of hydrogen-bond donors (Lipinski definition) is 1. The van der Waals surface area contributed by atoms with E-state index < -0.39 is 5.82 Å². The molecule has 1 fully saturated rings. The zero-order valence-electron chi connectivity index (χ0n) is 14.7. The Morgan fingerprint density at radius 1 is 1.11 bits per heavy atom. The Balaban J connectivity index is 1.81. The van der Waals surface area contributed by atoms with Crippen LogP contribution in [0.3, 0.4) is 0 Å². The van der Waals surface area contributed by atoms with Crippen molar-refractivity contribution in [2.75, 3.05) is 26.2 Å². The van der Waals surface area contributed by atoms with Crippen LogP contribution < -0.4 is 5.32 Å². The smallest absolute Gasteiger partial charge is 0.274 e. The fraction of sp³-hybridized carbons (Fsp3) is 0.211. The molecule has 144 valence electrons. The van der Waals surface area contributed by atoms with Gasteiger partial charge in [0.2, 0.25) is 0 Å². The van der Waals surface area contributed by atoms with Crippen LogP contribution in [-0.2, 0) is 0 Å². The maximum absolute atomic E-state index is 13.9. The standard InChI is InChI=1S/C19H16Cl2FN5O/c20-13-7-12(8-14(22)9-13)17-10-16(19(28)26-5-3-23-4-6-26)25-27(17)15-1-2-18(21)24-11-15/h1-2,7-11,23H,3-6H2. The Kier molecular flexibility index (Phi) is 5.30. The van der Waals surface area contributed by atoms with Gasteiger partial charge >= 0.3 is 0 Å². The van der Waals surface area contributed by atoms with Gasteiger partial charge in [0.15, 0.2) is 5.69 Å². The minimum Gasteiger partial charge on any atom is -0.335 e. The maximum atomic E-state index is 13.9. The first-order valence-corrected chi connectivity index (χ1v) is 9.45. The van der Waals surface area contributed by atoms with Crippen molar-refractivity contribution in [3.8, 4) is 16.9 Å². The minimum atomic E-state index is -0.473. The molecule has 0 spiro atoms.